The first kappa shape index (κ1) is 24.5. The summed E-state index contributed by atoms with van der Waals surface area (Å²) in [7, 11) is 0. The Bertz CT molecular complexity index is 1070. The second kappa shape index (κ2) is 10.8. The van der Waals surface area contributed by atoms with Gasteiger partial charge in [-0.2, -0.15) is 0 Å². The van der Waals surface area contributed by atoms with Crippen LogP contribution in [0.25, 0.3) is 0 Å². The second-order valence-electron chi connectivity index (χ2n) is 9.69. The van der Waals surface area contributed by atoms with Crippen molar-refractivity contribution in [3.05, 3.63) is 38.6 Å². The summed E-state index contributed by atoms with van der Waals surface area (Å²) in [5.41, 5.74) is 0.927. The highest BCUT2D eigenvalue weighted by molar-refractivity contribution is 9.10. The predicted octanol–water partition coefficient (Wildman–Crippen LogP) is 3.62. The van der Waals surface area contributed by atoms with Crippen molar-refractivity contribution in [1.29, 1.82) is 0 Å². The number of fused-ring (bicyclic) bond motifs is 1. The van der Waals surface area contributed by atoms with Crippen molar-refractivity contribution in [1.82, 2.24) is 15.6 Å². The predicted molar refractivity (Wildman–Crippen MR) is 138 cm³/mol. The number of pyridine rings is 1. The Kier molecular flexibility index (Phi) is 7.59. The fourth-order valence-electron chi connectivity index (χ4n) is 5.04. The number of aliphatic hydroxyl groups excluding tert-OH is 1. The Balaban J connectivity index is 1.24. The number of thiophene rings is 1. The molecule has 2 aromatic heterocycles. The molecule has 3 atom stereocenters. The smallest absolute Gasteiger partial charge is 0.262 e. The zero-order valence-corrected chi connectivity index (χ0v) is 21.9. The Morgan fingerprint density at radius 2 is 2.09 bits per heavy atom. The third-order valence-electron chi connectivity index (χ3n) is 7.20. The summed E-state index contributed by atoms with van der Waals surface area (Å²) in [6.45, 7) is 1.95. The van der Waals surface area contributed by atoms with Gasteiger partial charge in [0.15, 0.2) is 0 Å². The minimum atomic E-state index is -0.585. The number of hydrogen-bond donors (Lipinski definition) is 3. The van der Waals surface area contributed by atoms with Crippen molar-refractivity contribution in [2.24, 2.45) is 5.92 Å². The van der Waals surface area contributed by atoms with E-state index in [0.717, 1.165) is 40.8 Å². The standard InChI is InChI=1S/C25H31BrN4O4S/c26-16-12-20-25(27-13-16)34-10-9-30(20)14-17-5-8-22(35-17)24(33)29-19(11-15-3-1-2-4-15)23(32)28-18-6-7-21(18)31/h5,8,12-13,15,18-19,21,31H,1-4,6-7,9-11,14H2,(H,28,32)(H,29,33)/t18-,19+,21+/m1/s1. The summed E-state index contributed by atoms with van der Waals surface area (Å²) >= 11 is 4.92. The number of nitrogens with one attached hydrogen (secondary N) is 2. The van der Waals surface area contributed by atoms with E-state index in [1.165, 1.54) is 24.2 Å². The molecule has 188 valence electrons. The maximum absolute atomic E-state index is 13.1. The molecular weight excluding hydrogens is 532 g/mol. The number of amides is 2. The van der Waals surface area contributed by atoms with Gasteiger partial charge >= 0.3 is 0 Å². The zero-order chi connectivity index (χ0) is 24.4. The molecule has 0 radical (unpaired) electrons. The van der Waals surface area contributed by atoms with E-state index < -0.39 is 12.1 Å². The monoisotopic (exact) mass is 562 g/mol. The molecular formula is C25H31BrN4O4S. The van der Waals surface area contributed by atoms with E-state index in [1.807, 2.05) is 18.2 Å². The molecule has 1 aliphatic heterocycles. The van der Waals surface area contributed by atoms with Crippen LogP contribution in [0.3, 0.4) is 0 Å². The average molecular weight is 564 g/mol. The summed E-state index contributed by atoms with van der Waals surface area (Å²) < 4.78 is 6.56. The number of anilines is 1. The molecule has 2 aliphatic carbocycles. The van der Waals surface area contributed by atoms with Crippen LogP contribution in [0.15, 0.2) is 28.9 Å². The lowest BCUT2D eigenvalue weighted by molar-refractivity contribution is -0.126. The number of carbonyl (C=O) groups is 2. The van der Waals surface area contributed by atoms with Crippen LogP contribution in [0.1, 0.15) is 59.5 Å². The van der Waals surface area contributed by atoms with Gasteiger partial charge in [-0.3, -0.25) is 9.59 Å². The first-order valence-corrected chi connectivity index (χ1v) is 14.0. The molecule has 2 aromatic rings. The molecule has 3 N–H and O–H groups in total. The van der Waals surface area contributed by atoms with Gasteiger partial charge in [-0.05, 0) is 59.3 Å². The van der Waals surface area contributed by atoms with Crippen LogP contribution < -0.4 is 20.3 Å². The van der Waals surface area contributed by atoms with E-state index in [1.54, 1.807) is 6.20 Å². The first-order valence-electron chi connectivity index (χ1n) is 12.4. The Labute approximate surface area is 217 Å². The largest absolute Gasteiger partial charge is 0.474 e. The van der Waals surface area contributed by atoms with E-state index in [4.69, 9.17) is 4.74 Å². The lowest BCUT2D eigenvalue weighted by Gasteiger charge is -2.34. The van der Waals surface area contributed by atoms with Crippen LogP contribution in [-0.2, 0) is 11.3 Å². The van der Waals surface area contributed by atoms with Crippen molar-refractivity contribution in [3.8, 4) is 5.88 Å². The number of aromatic nitrogens is 1. The van der Waals surface area contributed by atoms with E-state index in [2.05, 4.69) is 36.4 Å². The number of nitrogens with zero attached hydrogens (tertiary/aromatic N) is 2. The lowest BCUT2D eigenvalue weighted by Crippen LogP contribution is -2.56. The number of rotatable bonds is 8. The molecule has 3 heterocycles. The van der Waals surface area contributed by atoms with Crippen LogP contribution in [0.2, 0.25) is 0 Å². The van der Waals surface area contributed by atoms with Crippen LogP contribution >= 0.6 is 27.3 Å². The number of ether oxygens (including phenoxy) is 1. The molecule has 10 heteroatoms. The Morgan fingerprint density at radius 3 is 2.83 bits per heavy atom. The lowest BCUT2D eigenvalue weighted by atomic mass is 9.88. The summed E-state index contributed by atoms with van der Waals surface area (Å²) in [4.78, 5) is 34.3. The molecule has 2 fully saturated rings. The van der Waals surface area contributed by atoms with Gasteiger partial charge in [-0.15, -0.1) is 11.3 Å². The maximum Gasteiger partial charge on any atom is 0.262 e. The highest BCUT2D eigenvalue weighted by Gasteiger charge is 2.34. The van der Waals surface area contributed by atoms with Crippen LogP contribution in [0.5, 0.6) is 5.88 Å². The van der Waals surface area contributed by atoms with Gasteiger partial charge in [0.2, 0.25) is 11.8 Å². The number of aliphatic hydroxyl groups is 1. The van der Waals surface area contributed by atoms with Gasteiger partial charge in [0.1, 0.15) is 18.3 Å². The van der Waals surface area contributed by atoms with Gasteiger partial charge in [-0.25, -0.2) is 4.98 Å². The number of carbonyl (C=O) groups excluding carboxylic acids is 2. The normalized spacial score (nSPS) is 22.6. The zero-order valence-electron chi connectivity index (χ0n) is 19.5. The number of halogens is 1. The minimum Gasteiger partial charge on any atom is -0.474 e. The molecule has 0 aromatic carbocycles. The summed E-state index contributed by atoms with van der Waals surface area (Å²) in [6, 6.07) is 5.00. The van der Waals surface area contributed by atoms with Gasteiger partial charge in [0, 0.05) is 15.5 Å². The Morgan fingerprint density at radius 1 is 1.26 bits per heavy atom. The molecule has 35 heavy (non-hydrogen) atoms. The van der Waals surface area contributed by atoms with Gasteiger partial charge in [0.05, 0.1) is 30.1 Å². The van der Waals surface area contributed by atoms with E-state index >= 15 is 0 Å². The molecule has 2 amide bonds. The summed E-state index contributed by atoms with van der Waals surface area (Å²) in [6.07, 6.45) is 7.93. The second-order valence-corrected chi connectivity index (χ2v) is 11.8. The van der Waals surface area contributed by atoms with Crippen molar-refractivity contribution < 1.29 is 19.4 Å². The molecule has 2 saturated carbocycles. The van der Waals surface area contributed by atoms with Gasteiger partial charge in [-0.1, -0.05) is 25.7 Å². The molecule has 0 bridgehead atoms. The third-order valence-corrected chi connectivity index (χ3v) is 8.71. The van der Waals surface area contributed by atoms with Crippen LogP contribution in [-0.4, -0.2) is 53.2 Å². The number of hydrogen-bond acceptors (Lipinski definition) is 7. The van der Waals surface area contributed by atoms with Crippen molar-refractivity contribution >= 4 is 44.8 Å². The molecule has 0 saturated heterocycles. The Hall–Kier alpha value is -2.17. The highest BCUT2D eigenvalue weighted by Crippen LogP contribution is 2.34. The molecule has 3 aliphatic rings. The van der Waals surface area contributed by atoms with Gasteiger partial charge in [0.25, 0.3) is 5.91 Å². The van der Waals surface area contributed by atoms with E-state index in [0.29, 0.717) is 42.7 Å². The topological polar surface area (TPSA) is 104 Å². The molecule has 8 nitrogen and oxygen atoms in total. The van der Waals surface area contributed by atoms with Crippen LogP contribution in [0.4, 0.5) is 5.69 Å². The van der Waals surface area contributed by atoms with Crippen molar-refractivity contribution in [2.45, 2.75) is 69.7 Å². The third kappa shape index (κ3) is 5.81. The van der Waals surface area contributed by atoms with Crippen molar-refractivity contribution in [2.75, 3.05) is 18.1 Å². The van der Waals surface area contributed by atoms with Crippen LogP contribution in [0, 0.1) is 5.92 Å². The SMILES string of the molecule is O=C(N[C@@H](CC1CCCC1)C(=O)N[C@@H]1CC[C@@H]1O)c1ccc(CN2CCOc3ncc(Br)cc32)s1. The quantitative estimate of drug-likeness (QED) is 0.454. The average Bonchev–Trinajstić information content (AvgIpc) is 3.54. The summed E-state index contributed by atoms with van der Waals surface area (Å²) in [5.74, 6) is 0.658. The molecule has 0 unspecified atom stereocenters. The molecule has 0 spiro atoms. The van der Waals surface area contributed by atoms with Crippen molar-refractivity contribution in [3.63, 3.8) is 0 Å². The van der Waals surface area contributed by atoms with E-state index in [9.17, 15) is 14.7 Å². The summed E-state index contributed by atoms with van der Waals surface area (Å²) in [5, 5.41) is 15.8. The van der Waals surface area contributed by atoms with Gasteiger partial charge < -0.3 is 25.4 Å². The molecule has 5 rings (SSSR count). The fourth-order valence-corrected chi connectivity index (χ4v) is 6.28. The fraction of sp³-hybridized carbons (Fsp3) is 0.560. The minimum absolute atomic E-state index is 0.186. The van der Waals surface area contributed by atoms with E-state index in [-0.39, 0.29) is 17.9 Å². The maximum atomic E-state index is 13.1. The first-order chi connectivity index (χ1) is 17.0. The highest BCUT2D eigenvalue weighted by atomic mass is 79.9.